The van der Waals surface area contributed by atoms with Crippen molar-refractivity contribution in [1.29, 1.82) is 0 Å². The molecule has 2 N–H and O–H groups in total. The van der Waals surface area contributed by atoms with E-state index in [4.69, 9.17) is 14.9 Å². The molecule has 0 aliphatic heterocycles. The Kier molecular flexibility index (Phi) is 6.76. The highest BCUT2D eigenvalue weighted by atomic mass is 79.9. The van der Waals surface area contributed by atoms with Crippen LogP contribution in [-0.2, 0) is 0 Å². The highest BCUT2D eigenvalue weighted by molar-refractivity contribution is 9.10. The lowest BCUT2D eigenvalue weighted by Gasteiger charge is -2.04. The summed E-state index contributed by atoms with van der Waals surface area (Å²) in [6, 6.07) is 4.09. The minimum Gasteiger partial charge on any atom is -0.330 e. The molecule has 0 atom stereocenters. The van der Waals surface area contributed by atoms with Crippen LogP contribution >= 0.6 is 40.1 Å². The van der Waals surface area contributed by atoms with Gasteiger partial charge in [0.05, 0.1) is 10.2 Å². The standard InChI is InChI=1S/C13H11BrFN5O3S.ClH/c14-8-6-7(2-3-9(8)15)20-11(18-22-13(20)21)10-12(19-23-17-10)24-5-1-4-16;/h2-3,6H,1,4-5,16H2;1H. The van der Waals surface area contributed by atoms with Gasteiger partial charge in [-0.15, -0.1) is 24.2 Å². The number of nitrogens with two attached hydrogens (primary N) is 1. The number of benzene rings is 1. The van der Waals surface area contributed by atoms with Crippen LogP contribution in [0, 0.1) is 5.82 Å². The van der Waals surface area contributed by atoms with E-state index in [-0.39, 0.29) is 28.4 Å². The van der Waals surface area contributed by atoms with E-state index in [1.165, 1.54) is 30.0 Å². The van der Waals surface area contributed by atoms with Gasteiger partial charge in [-0.1, -0.05) is 5.16 Å². The fourth-order valence-corrected chi connectivity index (χ4v) is 3.14. The fourth-order valence-electron chi connectivity index (χ4n) is 1.92. The Labute approximate surface area is 159 Å². The number of nitrogens with zero attached hydrogens (tertiary/aromatic N) is 4. The smallest absolute Gasteiger partial charge is 0.330 e. The molecule has 25 heavy (non-hydrogen) atoms. The van der Waals surface area contributed by atoms with Crippen molar-refractivity contribution in [3.8, 4) is 17.2 Å². The maximum absolute atomic E-state index is 13.4. The third-order valence-corrected chi connectivity index (χ3v) is 4.67. The van der Waals surface area contributed by atoms with Crippen LogP contribution in [0.3, 0.4) is 0 Å². The van der Waals surface area contributed by atoms with Crippen molar-refractivity contribution in [2.75, 3.05) is 12.3 Å². The normalized spacial score (nSPS) is 10.7. The number of halogens is 3. The van der Waals surface area contributed by atoms with Gasteiger partial charge in [0.1, 0.15) is 5.82 Å². The second kappa shape index (κ2) is 8.61. The Balaban J connectivity index is 0.00000225. The molecule has 0 amide bonds. The lowest BCUT2D eigenvalue weighted by Crippen LogP contribution is -2.13. The molecule has 8 nitrogen and oxygen atoms in total. The van der Waals surface area contributed by atoms with Gasteiger partial charge in [-0.2, -0.15) is 0 Å². The van der Waals surface area contributed by atoms with Gasteiger partial charge in [-0.3, -0.25) is 4.52 Å². The Morgan fingerprint density at radius 3 is 2.84 bits per heavy atom. The topological polar surface area (TPSA) is 113 Å². The van der Waals surface area contributed by atoms with Gasteiger partial charge in [-0.25, -0.2) is 18.4 Å². The highest BCUT2D eigenvalue weighted by Crippen LogP contribution is 2.29. The van der Waals surface area contributed by atoms with Crippen LogP contribution < -0.4 is 11.5 Å². The fraction of sp³-hybridized carbons (Fsp3) is 0.231. The van der Waals surface area contributed by atoms with Crippen molar-refractivity contribution in [2.45, 2.75) is 11.4 Å². The predicted molar refractivity (Wildman–Crippen MR) is 94.7 cm³/mol. The molecule has 2 aromatic heterocycles. The van der Waals surface area contributed by atoms with E-state index in [1.54, 1.807) is 0 Å². The summed E-state index contributed by atoms with van der Waals surface area (Å²) in [5.41, 5.74) is 6.10. The largest absolute Gasteiger partial charge is 0.446 e. The summed E-state index contributed by atoms with van der Waals surface area (Å²) < 4.78 is 24.3. The van der Waals surface area contributed by atoms with E-state index >= 15 is 0 Å². The molecule has 0 aliphatic rings. The molecule has 0 spiro atoms. The van der Waals surface area contributed by atoms with Gasteiger partial charge in [0.15, 0.2) is 10.7 Å². The molecule has 0 unspecified atom stereocenters. The van der Waals surface area contributed by atoms with Crippen LogP contribution in [0.4, 0.5) is 4.39 Å². The summed E-state index contributed by atoms with van der Waals surface area (Å²) in [7, 11) is 0. The molecule has 1 aromatic carbocycles. The zero-order valence-corrected chi connectivity index (χ0v) is 15.7. The molecule has 134 valence electrons. The van der Waals surface area contributed by atoms with Crippen LogP contribution in [0.2, 0.25) is 0 Å². The van der Waals surface area contributed by atoms with E-state index < -0.39 is 11.6 Å². The summed E-state index contributed by atoms with van der Waals surface area (Å²) in [5, 5.41) is 11.8. The first-order valence-corrected chi connectivity index (χ1v) is 8.59. The Morgan fingerprint density at radius 2 is 2.12 bits per heavy atom. The van der Waals surface area contributed by atoms with Crippen LogP contribution in [0.25, 0.3) is 17.2 Å². The minimum absolute atomic E-state index is 0. The van der Waals surface area contributed by atoms with Gasteiger partial charge >= 0.3 is 5.76 Å². The predicted octanol–water partition coefficient (Wildman–Crippen LogP) is 2.64. The maximum atomic E-state index is 13.4. The molecular weight excluding hydrogens is 441 g/mol. The van der Waals surface area contributed by atoms with E-state index in [2.05, 4.69) is 31.4 Å². The van der Waals surface area contributed by atoms with Crippen LogP contribution in [0.15, 0.2) is 41.6 Å². The Bertz CT molecular complexity index is 915. The van der Waals surface area contributed by atoms with E-state index in [9.17, 15) is 9.18 Å². The first kappa shape index (κ1) is 19.6. The van der Waals surface area contributed by atoms with Crippen molar-refractivity contribution < 1.29 is 13.5 Å². The monoisotopic (exact) mass is 451 g/mol. The second-order valence-corrected chi connectivity index (χ2v) is 6.55. The van der Waals surface area contributed by atoms with E-state index in [0.717, 1.165) is 11.0 Å². The third kappa shape index (κ3) is 4.11. The molecule has 2 heterocycles. The lowest BCUT2D eigenvalue weighted by atomic mass is 10.3. The molecule has 0 radical (unpaired) electrons. The number of rotatable bonds is 6. The molecule has 0 saturated carbocycles. The van der Waals surface area contributed by atoms with Crippen molar-refractivity contribution in [1.82, 2.24) is 20.0 Å². The van der Waals surface area contributed by atoms with Crippen LogP contribution in [0.1, 0.15) is 6.42 Å². The second-order valence-electron chi connectivity index (χ2n) is 4.61. The molecule has 3 aromatic rings. The van der Waals surface area contributed by atoms with Crippen molar-refractivity contribution >= 4 is 40.1 Å². The average molecular weight is 453 g/mol. The first-order valence-electron chi connectivity index (χ1n) is 6.81. The van der Waals surface area contributed by atoms with Gasteiger partial charge in [0.25, 0.3) is 0 Å². The highest BCUT2D eigenvalue weighted by Gasteiger charge is 2.23. The number of aromatic nitrogens is 4. The molecular formula is C13H12BrClFN5O3S. The SMILES string of the molecule is Cl.NCCCSc1nonc1-c1noc(=O)n1-c1ccc(F)c(Br)c1. The molecule has 0 fully saturated rings. The first-order chi connectivity index (χ1) is 11.6. The quantitative estimate of drug-likeness (QED) is 0.448. The van der Waals surface area contributed by atoms with Crippen LogP contribution in [-0.4, -0.2) is 32.3 Å². The average Bonchev–Trinajstić information content (AvgIpc) is 3.17. The van der Waals surface area contributed by atoms with Crippen molar-refractivity contribution in [3.63, 3.8) is 0 Å². The zero-order chi connectivity index (χ0) is 17.1. The zero-order valence-electron chi connectivity index (χ0n) is 12.5. The van der Waals surface area contributed by atoms with Crippen molar-refractivity contribution in [3.05, 3.63) is 39.0 Å². The summed E-state index contributed by atoms with van der Waals surface area (Å²) in [4.78, 5) is 12.0. The van der Waals surface area contributed by atoms with Crippen molar-refractivity contribution in [2.24, 2.45) is 5.73 Å². The van der Waals surface area contributed by atoms with Crippen LogP contribution in [0.5, 0.6) is 0 Å². The molecule has 0 aliphatic carbocycles. The molecule has 0 saturated heterocycles. The number of hydrogen-bond donors (Lipinski definition) is 1. The maximum Gasteiger partial charge on any atom is 0.446 e. The summed E-state index contributed by atoms with van der Waals surface area (Å²) in [6.45, 7) is 0.548. The minimum atomic E-state index is -0.732. The third-order valence-electron chi connectivity index (χ3n) is 3.02. The van der Waals surface area contributed by atoms with Gasteiger partial charge in [0, 0.05) is 5.75 Å². The van der Waals surface area contributed by atoms with Gasteiger partial charge in [-0.05, 0) is 57.4 Å². The Hall–Kier alpha value is -1.69. The number of hydrogen-bond acceptors (Lipinski definition) is 8. The van der Waals surface area contributed by atoms with E-state index in [0.29, 0.717) is 23.0 Å². The van der Waals surface area contributed by atoms with Gasteiger partial charge in [0.2, 0.25) is 5.82 Å². The molecule has 3 rings (SSSR count). The lowest BCUT2D eigenvalue weighted by molar-refractivity contribution is 0.299. The summed E-state index contributed by atoms with van der Waals surface area (Å²) >= 11 is 4.46. The van der Waals surface area contributed by atoms with Gasteiger partial charge < -0.3 is 5.73 Å². The Morgan fingerprint density at radius 1 is 1.32 bits per heavy atom. The number of thioether (sulfide) groups is 1. The van der Waals surface area contributed by atoms with E-state index in [1.807, 2.05) is 0 Å². The summed E-state index contributed by atoms with van der Waals surface area (Å²) in [6.07, 6.45) is 0.785. The molecule has 0 bridgehead atoms. The molecule has 12 heteroatoms. The summed E-state index contributed by atoms with van der Waals surface area (Å²) in [5.74, 6) is -0.354.